The van der Waals surface area contributed by atoms with Gasteiger partial charge in [0.15, 0.2) is 0 Å². The third-order valence-corrected chi connectivity index (χ3v) is 2.98. The van der Waals surface area contributed by atoms with Crippen LogP contribution < -0.4 is 0 Å². The number of esters is 1. The number of hydrogen-bond donors (Lipinski definition) is 0. The minimum Gasteiger partial charge on any atom is -0.468 e. The van der Waals surface area contributed by atoms with Gasteiger partial charge >= 0.3 is 5.97 Å². The molecule has 0 aromatic rings. The van der Waals surface area contributed by atoms with Crippen molar-refractivity contribution in [3.05, 3.63) is 0 Å². The summed E-state index contributed by atoms with van der Waals surface area (Å²) in [6, 6.07) is 0. The van der Waals surface area contributed by atoms with E-state index in [1.807, 2.05) is 0 Å². The molecule has 17 heavy (non-hydrogen) atoms. The fraction of sp³-hybridized carbons (Fsp3) is 0.615. The van der Waals surface area contributed by atoms with E-state index < -0.39 is 11.9 Å². The minimum absolute atomic E-state index is 0.120. The highest BCUT2D eigenvalue weighted by atomic mass is 16.5. The fourth-order valence-corrected chi connectivity index (χ4v) is 2.22. The minimum atomic E-state index is -0.781. The summed E-state index contributed by atoms with van der Waals surface area (Å²) in [6.45, 7) is 1.59. The lowest BCUT2D eigenvalue weighted by atomic mass is 9.76. The van der Waals surface area contributed by atoms with Gasteiger partial charge in [0, 0.05) is 12.8 Å². The molecule has 0 saturated heterocycles. The highest BCUT2D eigenvalue weighted by Gasteiger charge is 2.38. The van der Waals surface area contributed by atoms with Gasteiger partial charge in [0.05, 0.1) is 7.11 Å². The summed E-state index contributed by atoms with van der Waals surface area (Å²) < 4.78 is 4.62. The average Bonchev–Trinajstić information content (AvgIpc) is 2.28. The van der Waals surface area contributed by atoms with Gasteiger partial charge < -0.3 is 4.74 Å². The molecule has 1 fully saturated rings. The Morgan fingerprint density at radius 3 is 2.76 bits per heavy atom. The molecule has 92 valence electrons. The van der Waals surface area contributed by atoms with Gasteiger partial charge in [-0.2, -0.15) is 0 Å². The Labute approximate surface area is 101 Å². The quantitative estimate of drug-likeness (QED) is 0.319. The second-order valence-corrected chi connectivity index (χ2v) is 4.12. The SMILES string of the molecule is CC#CC(=O)C[C@@H]1CCCC(=O)C1C(=O)OC. The molecule has 0 N–H and O–H groups in total. The van der Waals surface area contributed by atoms with Gasteiger partial charge in [-0.1, -0.05) is 5.92 Å². The molecule has 0 aromatic heterocycles. The van der Waals surface area contributed by atoms with Crippen LogP contribution in [0.1, 0.15) is 32.6 Å². The first-order chi connectivity index (χ1) is 8.10. The molecule has 1 aliphatic rings. The highest BCUT2D eigenvalue weighted by molar-refractivity contribution is 6.01. The summed E-state index contributed by atoms with van der Waals surface area (Å²) in [5, 5.41) is 0. The van der Waals surface area contributed by atoms with E-state index in [9.17, 15) is 14.4 Å². The third-order valence-electron chi connectivity index (χ3n) is 2.98. The summed E-state index contributed by atoms with van der Waals surface area (Å²) in [7, 11) is 1.26. The molecule has 1 rings (SSSR count). The van der Waals surface area contributed by atoms with Crippen molar-refractivity contribution in [2.45, 2.75) is 32.6 Å². The summed E-state index contributed by atoms with van der Waals surface area (Å²) in [4.78, 5) is 34.7. The Kier molecular flexibility index (Phi) is 4.89. The normalized spacial score (nSPS) is 23.5. The van der Waals surface area contributed by atoms with Crippen LogP contribution in [0.25, 0.3) is 0 Å². The van der Waals surface area contributed by atoms with Crippen molar-refractivity contribution in [2.24, 2.45) is 11.8 Å². The first kappa shape index (κ1) is 13.4. The van der Waals surface area contributed by atoms with Crippen LogP contribution >= 0.6 is 0 Å². The Hall–Kier alpha value is -1.63. The second kappa shape index (κ2) is 6.19. The lowest BCUT2D eigenvalue weighted by molar-refractivity contribution is -0.153. The maximum Gasteiger partial charge on any atom is 0.316 e. The van der Waals surface area contributed by atoms with Crippen molar-refractivity contribution >= 4 is 17.5 Å². The Bertz CT molecular complexity index is 378. The van der Waals surface area contributed by atoms with Crippen LogP contribution in [0.15, 0.2) is 0 Å². The van der Waals surface area contributed by atoms with Gasteiger partial charge in [-0.05, 0) is 31.6 Å². The molecule has 0 aromatic carbocycles. The van der Waals surface area contributed by atoms with E-state index in [4.69, 9.17) is 0 Å². The second-order valence-electron chi connectivity index (χ2n) is 4.12. The molecule has 1 saturated carbocycles. The molecule has 1 unspecified atom stereocenters. The highest BCUT2D eigenvalue weighted by Crippen LogP contribution is 2.31. The fourth-order valence-electron chi connectivity index (χ4n) is 2.22. The molecule has 0 aliphatic heterocycles. The van der Waals surface area contributed by atoms with Crippen molar-refractivity contribution in [1.82, 2.24) is 0 Å². The molecule has 0 spiro atoms. The van der Waals surface area contributed by atoms with E-state index in [1.165, 1.54) is 7.11 Å². The number of methoxy groups -OCH3 is 1. The largest absolute Gasteiger partial charge is 0.468 e. The van der Waals surface area contributed by atoms with Crippen molar-refractivity contribution in [3.8, 4) is 11.8 Å². The van der Waals surface area contributed by atoms with E-state index in [0.717, 1.165) is 6.42 Å². The zero-order valence-corrected chi connectivity index (χ0v) is 10.1. The van der Waals surface area contributed by atoms with Crippen LogP contribution in [-0.4, -0.2) is 24.6 Å². The lowest BCUT2D eigenvalue weighted by Gasteiger charge is -2.27. The maximum atomic E-state index is 11.7. The zero-order chi connectivity index (χ0) is 12.8. The molecule has 0 amide bonds. The van der Waals surface area contributed by atoms with E-state index in [-0.39, 0.29) is 23.9 Å². The summed E-state index contributed by atoms with van der Waals surface area (Å²) in [6.07, 6.45) is 1.97. The van der Waals surface area contributed by atoms with E-state index in [0.29, 0.717) is 12.8 Å². The van der Waals surface area contributed by atoms with Crippen molar-refractivity contribution in [3.63, 3.8) is 0 Å². The van der Waals surface area contributed by atoms with Gasteiger partial charge in [-0.3, -0.25) is 14.4 Å². The predicted molar refractivity (Wildman–Crippen MR) is 60.9 cm³/mol. The van der Waals surface area contributed by atoms with E-state index in [2.05, 4.69) is 16.6 Å². The van der Waals surface area contributed by atoms with Crippen molar-refractivity contribution < 1.29 is 19.1 Å². The monoisotopic (exact) mass is 236 g/mol. The number of ether oxygens (including phenoxy) is 1. The van der Waals surface area contributed by atoms with Crippen molar-refractivity contribution in [2.75, 3.05) is 7.11 Å². The maximum absolute atomic E-state index is 11.7. The van der Waals surface area contributed by atoms with Crippen LogP contribution in [0.3, 0.4) is 0 Å². The number of carbonyl (C=O) groups excluding carboxylic acids is 3. The summed E-state index contributed by atoms with van der Waals surface area (Å²) >= 11 is 0. The molecule has 0 radical (unpaired) electrons. The molecule has 4 heteroatoms. The molecule has 1 aliphatic carbocycles. The first-order valence-electron chi connectivity index (χ1n) is 5.66. The average molecular weight is 236 g/mol. The topological polar surface area (TPSA) is 60.4 Å². The van der Waals surface area contributed by atoms with Crippen molar-refractivity contribution in [1.29, 1.82) is 0 Å². The molecule has 0 bridgehead atoms. The molecular weight excluding hydrogens is 220 g/mol. The van der Waals surface area contributed by atoms with Crippen LogP contribution in [-0.2, 0) is 19.1 Å². The number of carbonyl (C=O) groups is 3. The standard InChI is InChI=1S/C13H16O4/c1-3-5-10(14)8-9-6-4-7-11(15)12(9)13(16)17-2/h9,12H,4,6-8H2,1-2H3/t9-,12?/m0/s1. The number of hydrogen-bond acceptors (Lipinski definition) is 4. The van der Waals surface area contributed by atoms with Gasteiger partial charge in [0.1, 0.15) is 11.7 Å². The molecule has 2 atom stereocenters. The number of Topliss-reactive ketones (excluding diaryl/α,β-unsaturated/α-hetero) is 2. The smallest absolute Gasteiger partial charge is 0.316 e. The van der Waals surface area contributed by atoms with Gasteiger partial charge in [-0.15, -0.1) is 0 Å². The third kappa shape index (κ3) is 3.42. The predicted octanol–water partition coefficient (Wildman–Crippen LogP) is 1.13. The van der Waals surface area contributed by atoms with Crippen LogP contribution in [0.5, 0.6) is 0 Å². The first-order valence-corrected chi connectivity index (χ1v) is 5.66. The lowest BCUT2D eigenvalue weighted by Crippen LogP contribution is -2.36. The van der Waals surface area contributed by atoms with Crippen LogP contribution in [0.4, 0.5) is 0 Å². The summed E-state index contributed by atoms with van der Waals surface area (Å²) in [5.74, 6) is 3.05. The van der Waals surface area contributed by atoms with E-state index >= 15 is 0 Å². The van der Waals surface area contributed by atoms with E-state index in [1.54, 1.807) is 6.92 Å². The zero-order valence-electron chi connectivity index (χ0n) is 10.1. The van der Waals surface area contributed by atoms with Gasteiger partial charge in [0.2, 0.25) is 5.78 Å². The van der Waals surface area contributed by atoms with Crippen LogP contribution in [0, 0.1) is 23.7 Å². The molecule has 4 nitrogen and oxygen atoms in total. The Morgan fingerprint density at radius 1 is 1.47 bits per heavy atom. The number of ketones is 2. The Balaban J connectivity index is 2.78. The summed E-state index contributed by atoms with van der Waals surface area (Å²) in [5.41, 5.74) is 0. The Morgan fingerprint density at radius 2 is 2.18 bits per heavy atom. The van der Waals surface area contributed by atoms with Gasteiger partial charge in [0.25, 0.3) is 0 Å². The molecular formula is C13H16O4. The van der Waals surface area contributed by atoms with Crippen LogP contribution in [0.2, 0.25) is 0 Å². The number of rotatable bonds is 3. The van der Waals surface area contributed by atoms with Gasteiger partial charge in [-0.25, -0.2) is 0 Å². The molecule has 0 heterocycles.